The molecule has 0 atom stereocenters. The maximum absolute atomic E-state index is 3.44. The van der Waals surface area contributed by atoms with Gasteiger partial charge < -0.3 is 5.32 Å². The van der Waals surface area contributed by atoms with Crippen molar-refractivity contribution in [3.05, 3.63) is 29.3 Å². The van der Waals surface area contributed by atoms with Crippen LogP contribution in [0.1, 0.15) is 44.7 Å². The van der Waals surface area contributed by atoms with Crippen LogP contribution in [0, 0.1) is 13.8 Å². The van der Waals surface area contributed by atoms with Crippen LogP contribution in [-0.4, -0.2) is 6.54 Å². The lowest BCUT2D eigenvalue weighted by molar-refractivity contribution is 0.833. The molecular weight excluding hydrogens is 182 g/mol. The number of benzene rings is 1. The van der Waals surface area contributed by atoms with Gasteiger partial charge in [-0.1, -0.05) is 44.9 Å². The van der Waals surface area contributed by atoms with Crippen molar-refractivity contribution in [1.29, 1.82) is 0 Å². The number of aryl methyl sites for hydroxylation is 2. The second-order valence-electron chi connectivity index (χ2n) is 3.60. The Kier molecular flexibility index (Phi) is 7.79. The molecule has 1 N–H and O–H groups in total. The van der Waals surface area contributed by atoms with Gasteiger partial charge in [-0.15, -0.1) is 0 Å². The largest absolute Gasteiger partial charge is 0.385 e. The van der Waals surface area contributed by atoms with Gasteiger partial charge in [0.2, 0.25) is 0 Å². The van der Waals surface area contributed by atoms with Gasteiger partial charge >= 0.3 is 0 Å². The molecule has 1 aromatic rings. The molecule has 0 aliphatic heterocycles. The molecule has 0 amide bonds. The first-order valence-electron chi connectivity index (χ1n) is 6.05. The molecule has 0 spiro atoms. The van der Waals surface area contributed by atoms with Gasteiger partial charge in [0.05, 0.1) is 0 Å². The fourth-order valence-electron chi connectivity index (χ4n) is 1.41. The van der Waals surface area contributed by atoms with Crippen molar-refractivity contribution >= 4 is 5.69 Å². The van der Waals surface area contributed by atoms with Gasteiger partial charge in [0.25, 0.3) is 0 Å². The minimum atomic E-state index is 1.08. The Bertz CT molecular complexity index is 266. The quantitative estimate of drug-likeness (QED) is 0.715. The van der Waals surface area contributed by atoms with Crippen LogP contribution in [0.4, 0.5) is 5.69 Å². The SMILES string of the molecule is CC.CCCCNc1ccc(C)cc1C. The van der Waals surface area contributed by atoms with Crippen LogP contribution in [0.25, 0.3) is 0 Å². The molecule has 0 heterocycles. The van der Waals surface area contributed by atoms with E-state index in [-0.39, 0.29) is 0 Å². The van der Waals surface area contributed by atoms with Crippen LogP contribution in [0.5, 0.6) is 0 Å². The van der Waals surface area contributed by atoms with E-state index in [1.54, 1.807) is 0 Å². The first kappa shape index (κ1) is 14.0. The first-order chi connectivity index (χ1) is 7.24. The molecule has 0 fully saturated rings. The third-order valence-corrected chi connectivity index (χ3v) is 2.23. The topological polar surface area (TPSA) is 12.0 Å². The number of hydrogen-bond acceptors (Lipinski definition) is 1. The van der Waals surface area contributed by atoms with Crippen molar-refractivity contribution in [2.75, 3.05) is 11.9 Å². The van der Waals surface area contributed by atoms with E-state index in [1.807, 2.05) is 13.8 Å². The van der Waals surface area contributed by atoms with Gasteiger partial charge in [-0.25, -0.2) is 0 Å². The number of anilines is 1. The highest BCUT2D eigenvalue weighted by Crippen LogP contribution is 2.15. The highest BCUT2D eigenvalue weighted by atomic mass is 14.9. The average molecular weight is 207 g/mol. The summed E-state index contributed by atoms with van der Waals surface area (Å²) >= 11 is 0. The van der Waals surface area contributed by atoms with E-state index in [0.717, 1.165) is 6.54 Å². The molecule has 86 valence electrons. The van der Waals surface area contributed by atoms with Crippen molar-refractivity contribution in [3.63, 3.8) is 0 Å². The molecule has 0 aliphatic rings. The van der Waals surface area contributed by atoms with Crippen molar-refractivity contribution in [2.45, 2.75) is 47.5 Å². The lowest BCUT2D eigenvalue weighted by Crippen LogP contribution is -2.02. The van der Waals surface area contributed by atoms with Gasteiger partial charge in [-0.2, -0.15) is 0 Å². The fourth-order valence-corrected chi connectivity index (χ4v) is 1.41. The first-order valence-corrected chi connectivity index (χ1v) is 6.05. The standard InChI is InChI=1S/C12H19N.C2H6/c1-4-5-8-13-12-7-6-10(2)9-11(12)3;1-2/h6-7,9,13H,4-5,8H2,1-3H3;1-2H3. The third kappa shape index (κ3) is 5.46. The molecule has 0 bridgehead atoms. The van der Waals surface area contributed by atoms with Crippen LogP contribution in [0.2, 0.25) is 0 Å². The summed E-state index contributed by atoms with van der Waals surface area (Å²) in [6.07, 6.45) is 2.49. The summed E-state index contributed by atoms with van der Waals surface area (Å²) in [7, 11) is 0. The van der Waals surface area contributed by atoms with Crippen molar-refractivity contribution in [2.24, 2.45) is 0 Å². The Hall–Kier alpha value is -0.980. The predicted molar refractivity (Wildman–Crippen MR) is 70.7 cm³/mol. The zero-order chi connectivity index (χ0) is 11.7. The van der Waals surface area contributed by atoms with Crippen LogP contribution >= 0.6 is 0 Å². The van der Waals surface area contributed by atoms with Crippen molar-refractivity contribution in [3.8, 4) is 0 Å². The summed E-state index contributed by atoms with van der Waals surface area (Å²) in [5.41, 5.74) is 3.95. The lowest BCUT2D eigenvalue weighted by Gasteiger charge is -2.09. The highest BCUT2D eigenvalue weighted by Gasteiger charge is 1.95. The Morgan fingerprint density at radius 3 is 2.33 bits per heavy atom. The van der Waals surface area contributed by atoms with E-state index < -0.39 is 0 Å². The molecule has 1 aromatic carbocycles. The van der Waals surface area contributed by atoms with Gasteiger partial charge in [0, 0.05) is 12.2 Å². The number of hydrogen-bond donors (Lipinski definition) is 1. The smallest absolute Gasteiger partial charge is 0.0370 e. The highest BCUT2D eigenvalue weighted by molar-refractivity contribution is 5.51. The Morgan fingerprint density at radius 1 is 1.13 bits per heavy atom. The summed E-state index contributed by atoms with van der Waals surface area (Å²) in [4.78, 5) is 0. The van der Waals surface area contributed by atoms with Gasteiger partial charge in [0.15, 0.2) is 0 Å². The fraction of sp³-hybridized carbons (Fsp3) is 0.571. The van der Waals surface area contributed by atoms with Crippen LogP contribution < -0.4 is 5.32 Å². The molecular formula is C14H25N. The van der Waals surface area contributed by atoms with Gasteiger partial charge in [-0.3, -0.25) is 0 Å². The van der Waals surface area contributed by atoms with E-state index in [2.05, 4.69) is 44.3 Å². The number of rotatable bonds is 4. The van der Waals surface area contributed by atoms with Crippen LogP contribution in [0.15, 0.2) is 18.2 Å². The van der Waals surface area contributed by atoms with E-state index in [0.29, 0.717) is 0 Å². The second kappa shape index (κ2) is 8.34. The maximum atomic E-state index is 3.44. The molecule has 0 radical (unpaired) electrons. The minimum absolute atomic E-state index is 1.08. The van der Waals surface area contributed by atoms with E-state index in [1.165, 1.54) is 29.7 Å². The van der Waals surface area contributed by atoms with Gasteiger partial charge in [0.1, 0.15) is 0 Å². The third-order valence-electron chi connectivity index (χ3n) is 2.23. The lowest BCUT2D eigenvalue weighted by atomic mass is 10.1. The second-order valence-corrected chi connectivity index (χ2v) is 3.60. The Balaban J connectivity index is 0.000000921. The van der Waals surface area contributed by atoms with E-state index in [9.17, 15) is 0 Å². The number of nitrogens with one attached hydrogen (secondary N) is 1. The molecule has 1 nitrogen and oxygen atoms in total. The minimum Gasteiger partial charge on any atom is -0.385 e. The number of unbranched alkanes of at least 4 members (excludes halogenated alkanes) is 1. The monoisotopic (exact) mass is 207 g/mol. The zero-order valence-electron chi connectivity index (χ0n) is 10.9. The normalized spacial score (nSPS) is 9.13. The van der Waals surface area contributed by atoms with E-state index >= 15 is 0 Å². The summed E-state index contributed by atoms with van der Waals surface area (Å²) in [5.74, 6) is 0. The summed E-state index contributed by atoms with van der Waals surface area (Å²) < 4.78 is 0. The molecule has 1 rings (SSSR count). The average Bonchev–Trinajstić information content (AvgIpc) is 2.24. The molecule has 0 saturated heterocycles. The van der Waals surface area contributed by atoms with Crippen LogP contribution in [0.3, 0.4) is 0 Å². The zero-order valence-corrected chi connectivity index (χ0v) is 10.9. The van der Waals surface area contributed by atoms with Crippen molar-refractivity contribution in [1.82, 2.24) is 0 Å². The summed E-state index contributed by atoms with van der Waals surface area (Å²) in [5, 5.41) is 3.44. The Morgan fingerprint density at radius 2 is 1.80 bits per heavy atom. The summed E-state index contributed by atoms with van der Waals surface area (Å²) in [6, 6.07) is 6.54. The molecule has 15 heavy (non-hydrogen) atoms. The molecule has 0 unspecified atom stereocenters. The molecule has 0 aliphatic carbocycles. The molecule has 0 aromatic heterocycles. The molecule has 1 heteroatoms. The summed E-state index contributed by atoms with van der Waals surface area (Å²) in [6.45, 7) is 11.6. The van der Waals surface area contributed by atoms with Crippen molar-refractivity contribution < 1.29 is 0 Å². The van der Waals surface area contributed by atoms with E-state index in [4.69, 9.17) is 0 Å². The Labute approximate surface area is 94.9 Å². The predicted octanol–water partition coefficient (Wildman–Crippen LogP) is 4.54. The van der Waals surface area contributed by atoms with Gasteiger partial charge in [-0.05, 0) is 31.9 Å². The van der Waals surface area contributed by atoms with Crippen LogP contribution in [-0.2, 0) is 0 Å². The molecule has 0 saturated carbocycles. The maximum Gasteiger partial charge on any atom is 0.0370 e.